The molecular formula is C19H21N3O3. The van der Waals surface area contributed by atoms with E-state index in [1.54, 1.807) is 12.1 Å². The number of carbonyl (C=O) groups excluding carboxylic acids is 2. The van der Waals surface area contributed by atoms with Crippen molar-refractivity contribution < 1.29 is 14.3 Å². The average Bonchev–Trinajstić information content (AvgIpc) is 2.54. The molecule has 2 N–H and O–H groups in total. The standard InChI is InChI=1S/C19H21N3O3/c1-13-5-8-16(9-6-13)25-12-18(23)22-17-10-7-15(11-20-17)21-19(24)14-3-2-4-14/h5-11,14H,2-4,12H2,1H3,(H,21,24)(H,20,22,23). The maximum Gasteiger partial charge on any atom is 0.263 e. The first-order valence-corrected chi connectivity index (χ1v) is 8.36. The molecule has 0 aliphatic heterocycles. The summed E-state index contributed by atoms with van der Waals surface area (Å²) >= 11 is 0. The zero-order chi connectivity index (χ0) is 17.6. The summed E-state index contributed by atoms with van der Waals surface area (Å²) in [6, 6.07) is 10.9. The van der Waals surface area contributed by atoms with Crippen LogP contribution in [0.3, 0.4) is 0 Å². The highest BCUT2D eigenvalue weighted by molar-refractivity contribution is 5.93. The van der Waals surface area contributed by atoms with E-state index in [2.05, 4.69) is 15.6 Å². The Kier molecular flexibility index (Phi) is 5.28. The molecular weight excluding hydrogens is 318 g/mol. The van der Waals surface area contributed by atoms with Crippen LogP contribution in [0.15, 0.2) is 42.6 Å². The molecule has 1 aromatic heterocycles. The molecule has 2 aromatic rings. The zero-order valence-corrected chi connectivity index (χ0v) is 14.1. The molecule has 1 saturated carbocycles. The molecule has 0 saturated heterocycles. The molecule has 1 aromatic carbocycles. The van der Waals surface area contributed by atoms with Crippen molar-refractivity contribution in [2.75, 3.05) is 17.2 Å². The lowest BCUT2D eigenvalue weighted by molar-refractivity contribution is -0.122. The van der Waals surface area contributed by atoms with Gasteiger partial charge in [0.05, 0.1) is 11.9 Å². The third-order valence-corrected chi connectivity index (χ3v) is 4.17. The summed E-state index contributed by atoms with van der Waals surface area (Å²) < 4.78 is 5.42. The van der Waals surface area contributed by atoms with Gasteiger partial charge in [-0.25, -0.2) is 4.98 Å². The van der Waals surface area contributed by atoms with E-state index in [9.17, 15) is 9.59 Å². The van der Waals surface area contributed by atoms with E-state index in [4.69, 9.17) is 4.74 Å². The number of aromatic nitrogens is 1. The Labute approximate surface area is 146 Å². The van der Waals surface area contributed by atoms with Gasteiger partial charge in [0.2, 0.25) is 5.91 Å². The summed E-state index contributed by atoms with van der Waals surface area (Å²) in [5.74, 6) is 0.927. The number of rotatable bonds is 6. The Morgan fingerprint density at radius 2 is 1.88 bits per heavy atom. The molecule has 2 amide bonds. The van der Waals surface area contributed by atoms with Gasteiger partial charge in [-0.05, 0) is 44.0 Å². The number of aryl methyl sites for hydroxylation is 1. The normalized spacial score (nSPS) is 13.6. The Hall–Kier alpha value is -2.89. The molecule has 1 fully saturated rings. The van der Waals surface area contributed by atoms with Crippen LogP contribution in [-0.2, 0) is 9.59 Å². The van der Waals surface area contributed by atoms with Gasteiger partial charge in [-0.2, -0.15) is 0 Å². The van der Waals surface area contributed by atoms with Gasteiger partial charge in [-0.1, -0.05) is 24.1 Å². The van der Waals surface area contributed by atoms with Crippen LogP contribution < -0.4 is 15.4 Å². The molecule has 3 rings (SSSR count). The van der Waals surface area contributed by atoms with Gasteiger partial charge in [-0.15, -0.1) is 0 Å². The van der Waals surface area contributed by atoms with Crippen molar-refractivity contribution in [3.05, 3.63) is 48.2 Å². The van der Waals surface area contributed by atoms with Crippen molar-refractivity contribution in [3.8, 4) is 5.75 Å². The van der Waals surface area contributed by atoms with Crippen LogP contribution in [0.25, 0.3) is 0 Å². The van der Waals surface area contributed by atoms with Gasteiger partial charge >= 0.3 is 0 Å². The summed E-state index contributed by atoms with van der Waals surface area (Å²) in [5.41, 5.74) is 1.76. The van der Waals surface area contributed by atoms with Crippen LogP contribution in [0, 0.1) is 12.8 Å². The third-order valence-electron chi connectivity index (χ3n) is 4.17. The lowest BCUT2D eigenvalue weighted by atomic mass is 9.85. The molecule has 130 valence electrons. The first-order valence-electron chi connectivity index (χ1n) is 8.36. The van der Waals surface area contributed by atoms with Gasteiger partial charge in [0.1, 0.15) is 11.6 Å². The van der Waals surface area contributed by atoms with Gasteiger partial charge in [-0.3, -0.25) is 9.59 Å². The Morgan fingerprint density at radius 1 is 1.12 bits per heavy atom. The summed E-state index contributed by atoms with van der Waals surface area (Å²) in [6.45, 7) is 1.89. The van der Waals surface area contributed by atoms with Gasteiger partial charge in [0.15, 0.2) is 6.61 Å². The number of ether oxygens (including phenoxy) is 1. The highest BCUT2D eigenvalue weighted by atomic mass is 16.5. The van der Waals surface area contributed by atoms with Gasteiger partial charge < -0.3 is 15.4 Å². The Bertz CT molecular complexity index is 738. The Morgan fingerprint density at radius 3 is 2.48 bits per heavy atom. The molecule has 6 heteroatoms. The van der Waals surface area contributed by atoms with Crippen LogP contribution in [-0.4, -0.2) is 23.4 Å². The molecule has 1 heterocycles. The topological polar surface area (TPSA) is 80.3 Å². The zero-order valence-electron chi connectivity index (χ0n) is 14.1. The van der Waals surface area contributed by atoms with E-state index in [1.165, 1.54) is 6.20 Å². The van der Waals surface area contributed by atoms with Crippen molar-refractivity contribution >= 4 is 23.3 Å². The number of nitrogens with zero attached hydrogens (tertiary/aromatic N) is 1. The summed E-state index contributed by atoms with van der Waals surface area (Å²) in [6.07, 6.45) is 4.56. The first kappa shape index (κ1) is 17.0. The minimum Gasteiger partial charge on any atom is -0.484 e. The monoisotopic (exact) mass is 339 g/mol. The number of hydrogen-bond donors (Lipinski definition) is 2. The highest BCUT2D eigenvalue weighted by Gasteiger charge is 2.25. The minimum atomic E-state index is -0.292. The summed E-state index contributed by atoms with van der Waals surface area (Å²) in [4.78, 5) is 27.9. The fourth-order valence-corrected chi connectivity index (χ4v) is 2.42. The predicted molar refractivity (Wildman–Crippen MR) is 95.5 cm³/mol. The van der Waals surface area contributed by atoms with Gasteiger partial charge in [0.25, 0.3) is 5.91 Å². The lowest BCUT2D eigenvalue weighted by Gasteiger charge is -2.23. The Balaban J connectivity index is 1.46. The van der Waals surface area contributed by atoms with Crippen LogP contribution in [0.5, 0.6) is 5.75 Å². The van der Waals surface area contributed by atoms with Crippen molar-refractivity contribution in [1.82, 2.24) is 4.98 Å². The largest absolute Gasteiger partial charge is 0.484 e. The van der Waals surface area contributed by atoms with E-state index in [0.29, 0.717) is 17.3 Å². The van der Waals surface area contributed by atoms with Crippen molar-refractivity contribution in [3.63, 3.8) is 0 Å². The van der Waals surface area contributed by atoms with Crippen LogP contribution in [0.1, 0.15) is 24.8 Å². The molecule has 6 nitrogen and oxygen atoms in total. The van der Waals surface area contributed by atoms with Crippen LogP contribution in [0.4, 0.5) is 11.5 Å². The summed E-state index contributed by atoms with van der Waals surface area (Å²) in [7, 11) is 0. The van der Waals surface area contributed by atoms with Gasteiger partial charge in [0, 0.05) is 5.92 Å². The first-order chi connectivity index (χ1) is 12.1. The average molecular weight is 339 g/mol. The van der Waals surface area contributed by atoms with E-state index < -0.39 is 0 Å². The number of nitrogens with one attached hydrogen (secondary N) is 2. The second kappa shape index (κ2) is 7.79. The molecule has 1 aliphatic rings. The summed E-state index contributed by atoms with van der Waals surface area (Å²) in [5, 5.41) is 5.50. The van der Waals surface area contributed by atoms with Crippen molar-refractivity contribution in [2.45, 2.75) is 26.2 Å². The molecule has 0 spiro atoms. The van der Waals surface area contributed by atoms with Crippen molar-refractivity contribution in [2.24, 2.45) is 5.92 Å². The molecule has 1 aliphatic carbocycles. The van der Waals surface area contributed by atoms with E-state index in [1.807, 2.05) is 31.2 Å². The van der Waals surface area contributed by atoms with Crippen LogP contribution >= 0.6 is 0 Å². The smallest absolute Gasteiger partial charge is 0.263 e. The lowest BCUT2D eigenvalue weighted by Crippen LogP contribution is -2.28. The molecule has 0 radical (unpaired) electrons. The second-order valence-corrected chi connectivity index (χ2v) is 6.20. The molecule has 0 bridgehead atoms. The molecule has 0 atom stereocenters. The minimum absolute atomic E-state index is 0.0383. The number of carbonyl (C=O) groups is 2. The van der Waals surface area contributed by atoms with E-state index in [0.717, 1.165) is 24.8 Å². The number of benzene rings is 1. The van der Waals surface area contributed by atoms with E-state index in [-0.39, 0.29) is 24.3 Å². The third kappa shape index (κ3) is 4.79. The fraction of sp³-hybridized carbons (Fsp3) is 0.316. The maximum atomic E-state index is 11.9. The van der Waals surface area contributed by atoms with Crippen LogP contribution in [0.2, 0.25) is 0 Å². The van der Waals surface area contributed by atoms with E-state index >= 15 is 0 Å². The molecule has 0 unspecified atom stereocenters. The molecule has 25 heavy (non-hydrogen) atoms. The SMILES string of the molecule is Cc1ccc(OCC(=O)Nc2ccc(NC(=O)C3CCC3)cn2)cc1. The highest BCUT2D eigenvalue weighted by Crippen LogP contribution is 2.27. The number of amides is 2. The quantitative estimate of drug-likeness (QED) is 0.847. The number of anilines is 2. The maximum absolute atomic E-state index is 11.9. The number of hydrogen-bond acceptors (Lipinski definition) is 4. The predicted octanol–water partition coefficient (Wildman–Crippen LogP) is 3.15. The fourth-order valence-electron chi connectivity index (χ4n) is 2.42. The number of pyridine rings is 1. The van der Waals surface area contributed by atoms with Crippen molar-refractivity contribution in [1.29, 1.82) is 0 Å². The second-order valence-electron chi connectivity index (χ2n) is 6.20.